The van der Waals surface area contributed by atoms with Gasteiger partial charge in [-0.3, -0.25) is 9.67 Å². The van der Waals surface area contributed by atoms with Crippen molar-refractivity contribution in [3.05, 3.63) is 47.5 Å². The van der Waals surface area contributed by atoms with Crippen LogP contribution in [0.2, 0.25) is 0 Å². The highest BCUT2D eigenvalue weighted by atomic mass is 15.3. The van der Waals surface area contributed by atoms with Gasteiger partial charge in [-0.05, 0) is 51.4 Å². The third-order valence-corrected chi connectivity index (χ3v) is 3.65. The molecule has 0 fully saturated rings. The van der Waals surface area contributed by atoms with Crippen LogP contribution in [0.25, 0.3) is 0 Å². The van der Waals surface area contributed by atoms with E-state index >= 15 is 0 Å². The van der Waals surface area contributed by atoms with E-state index in [1.807, 2.05) is 25.5 Å². The molecular formula is C16H24N4. The number of rotatable bonds is 7. The molecule has 2 aromatic heterocycles. The average Bonchev–Trinajstić information content (AvgIpc) is 2.84. The van der Waals surface area contributed by atoms with Crippen LogP contribution in [0.3, 0.4) is 0 Å². The smallest absolute Gasteiger partial charge is 0.0596 e. The van der Waals surface area contributed by atoms with Crippen molar-refractivity contribution in [1.29, 1.82) is 0 Å². The van der Waals surface area contributed by atoms with E-state index in [1.54, 1.807) is 0 Å². The molecule has 4 heteroatoms. The van der Waals surface area contributed by atoms with Crippen molar-refractivity contribution in [2.45, 2.75) is 45.7 Å². The van der Waals surface area contributed by atoms with Crippen LogP contribution in [0, 0.1) is 6.92 Å². The number of aryl methyl sites for hydroxylation is 3. The van der Waals surface area contributed by atoms with Gasteiger partial charge in [-0.15, -0.1) is 0 Å². The molecule has 1 unspecified atom stereocenters. The molecule has 1 N–H and O–H groups in total. The fourth-order valence-electron chi connectivity index (χ4n) is 2.53. The molecule has 0 aliphatic rings. The summed E-state index contributed by atoms with van der Waals surface area (Å²) < 4.78 is 2.10. The summed E-state index contributed by atoms with van der Waals surface area (Å²) in [5.74, 6) is 0. The molecule has 0 radical (unpaired) electrons. The Kier molecular flexibility index (Phi) is 5.30. The van der Waals surface area contributed by atoms with Gasteiger partial charge in [0.05, 0.1) is 5.69 Å². The van der Waals surface area contributed by atoms with E-state index in [0.29, 0.717) is 6.04 Å². The maximum absolute atomic E-state index is 4.51. The first kappa shape index (κ1) is 14.7. The van der Waals surface area contributed by atoms with Gasteiger partial charge >= 0.3 is 0 Å². The average molecular weight is 272 g/mol. The van der Waals surface area contributed by atoms with E-state index in [1.165, 1.54) is 11.3 Å². The standard InChI is InChI=1S/C16H24N4/c1-4-20-16(10-13(2)19-20)11-15(17-3)8-7-14-6-5-9-18-12-14/h5-6,9-10,12,15,17H,4,7-8,11H2,1-3H3. The first-order valence-corrected chi connectivity index (χ1v) is 7.32. The third-order valence-electron chi connectivity index (χ3n) is 3.65. The lowest BCUT2D eigenvalue weighted by atomic mass is 10.0. The molecule has 108 valence electrons. The van der Waals surface area contributed by atoms with Crippen LogP contribution in [0.15, 0.2) is 30.6 Å². The van der Waals surface area contributed by atoms with Crippen LogP contribution in [0.4, 0.5) is 0 Å². The van der Waals surface area contributed by atoms with Crippen molar-refractivity contribution in [2.24, 2.45) is 0 Å². The highest BCUT2D eigenvalue weighted by Crippen LogP contribution is 2.11. The summed E-state index contributed by atoms with van der Waals surface area (Å²) >= 11 is 0. The first-order chi connectivity index (χ1) is 9.72. The first-order valence-electron chi connectivity index (χ1n) is 7.32. The monoisotopic (exact) mass is 272 g/mol. The summed E-state index contributed by atoms with van der Waals surface area (Å²) in [6.07, 6.45) is 6.95. The highest BCUT2D eigenvalue weighted by molar-refractivity contribution is 5.12. The molecule has 20 heavy (non-hydrogen) atoms. The molecule has 0 aliphatic heterocycles. The van der Waals surface area contributed by atoms with Crippen molar-refractivity contribution < 1.29 is 0 Å². The summed E-state index contributed by atoms with van der Waals surface area (Å²) in [7, 11) is 2.04. The fraction of sp³-hybridized carbons (Fsp3) is 0.500. The Morgan fingerprint density at radius 2 is 2.25 bits per heavy atom. The van der Waals surface area contributed by atoms with Gasteiger partial charge in [-0.1, -0.05) is 6.07 Å². The molecule has 0 saturated carbocycles. The quantitative estimate of drug-likeness (QED) is 0.841. The number of nitrogens with one attached hydrogen (secondary N) is 1. The van der Waals surface area contributed by atoms with E-state index in [9.17, 15) is 0 Å². The Morgan fingerprint density at radius 3 is 2.90 bits per heavy atom. The summed E-state index contributed by atoms with van der Waals surface area (Å²) in [4.78, 5) is 4.17. The third kappa shape index (κ3) is 3.90. The largest absolute Gasteiger partial charge is 0.317 e. The highest BCUT2D eigenvalue weighted by Gasteiger charge is 2.12. The van der Waals surface area contributed by atoms with Crippen LogP contribution in [-0.2, 0) is 19.4 Å². The molecular weight excluding hydrogens is 248 g/mol. The van der Waals surface area contributed by atoms with Crippen molar-refractivity contribution >= 4 is 0 Å². The fourth-order valence-corrected chi connectivity index (χ4v) is 2.53. The number of hydrogen-bond donors (Lipinski definition) is 1. The second-order valence-electron chi connectivity index (χ2n) is 5.18. The number of nitrogens with zero attached hydrogens (tertiary/aromatic N) is 3. The molecule has 0 saturated heterocycles. The molecule has 2 rings (SSSR count). The SMILES string of the molecule is CCn1nc(C)cc1CC(CCc1cccnc1)NC. The van der Waals surface area contributed by atoms with E-state index in [0.717, 1.165) is 31.5 Å². The zero-order valence-electron chi connectivity index (χ0n) is 12.6. The van der Waals surface area contributed by atoms with Crippen molar-refractivity contribution in [2.75, 3.05) is 7.05 Å². The lowest BCUT2D eigenvalue weighted by Gasteiger charge is -2.16. The molecule has 0 spiro atoms. The van der Waals surface area contributed by atoms with Gasteiger partial charge in [0.25, 0.3) is 0 Å². The summed E-state index contributed by atoms with van der Waals surface area (Å²) in [5, 5.41) is 7.93. The molecule has 4 nitrogen and oxygen atoms in total. The predicted octanol–water partition coefficient (Wildman–Crippen LogP) is 2.37. The zero-order valence-corrected chi connectivity index (χ0v) is 12.6. The lowest BCUT2D eigenvalue weighted by Crippen LogP contribution is -2.29. The predicted molar refractivity (Wildman–Crippen MR) is 81.7 cm³/mol. The molecule has 0 aromatic carbocycles. The van der Waals surface area contributed by atoms with Crippen LogP contribution in [0.5, 0.6) is 0 Å². The Bertz CT molecular complexity index is 519. The second-order valence-corrected chi connectivity index (χ2v) is 5.18. The van der Waals surface area contributed by atoms with Crippen LogP contribution < -0.4 is 5.32 Å². The van der Waals surface area contributed by atoms with Gasteiger partial charge in [0.15, 0.2) is 0 Å². The molecule has 2 aromatic rings. The maximum Gasteiger partial charge on any atom is 0.0596 e. The Morgan fingerprint density at radius 1 is 1.40 bits per heavy atom. The number of hydrogen-bond acceptors (Lipinski definition) is 3. The van der Waals surface area contributed by atoms with Crippen LogP contribution >= 0.6 is 0 Å². The van der Waals surface area contributed by atoms with E-state index in [4.69, 9.17) is 0 Å². The zero-order chi connectivity index (χ0) is 14.4. The van der Waals surface area contributed by atoms with Gasteiger partial charge in [0.1, 0.15) is 0 Å². The summed E-state index contributed by atoms with van der Waals surface area (Å²) in [6, 6.07) is 6.80. The van der Waals surface area contributed by atoms with E-state index in [-0.39, 0.29) is 0 Å². The van der Waals surface area contributed by atoms with Crippen molar-refractivity contribution in [1.82, 2.24) is 20.1 Å². The second kappa shape index (κ2) is 7.20. The van der Waals surface area contributed by atoms with Gasteiger partial charge in [-0.2, -0.15) is 5.10 Å². The molecule has 0 bridgehead atoms. The minimum Gasteiger partial charge on any atom is -0.317 e. The van der Waals surface area contributed by atoms with Gasteiger partial charge in [0, 0.05) is 37.1 Å². The van der Waals surface area contributed by atoms with Crippen LogP contribution in [0.1, 0.15) is 30.3 Å². The van der Waals surface area contributed by atoms with E-state index < -0.39 is 0 Å². The number of likely N-dealkylation sites (N-methyl/N-ethyl adjacent to an activating group) is 1. The van der Waals surface area contributed by atoms with Crippen molar-refractivity contribution in [3.63, 3.8) is 0 Å². The Hall–Kier alpha value is -1.68. The Labute approximate surface area is 121 Å². The minimum atomic E-state index is 0.469. The van der Waals surface area contributed by atoms with E-state index in [2.05, 4.69) is 46.1 Å². The Balaban J connectivity index is 1.95. The minimum absolute atomic E-state index is 0.469. The van der Waals surface area contributed by atoms with Gasteiger partial charge < -0.3 is 5.32 Å². The summed E-state index contributed by atoms with van der Waals surface area (Å²) in [5.41, 5.74) is 3.72. The topological polar surface area (TPSA) is 42.7 Å². The molecule has 0 aliphatic carbocycles. The summed E-state index contributed by atoms with van der Waals surface area (Å²) in [6.45, 7) is 5.13. The molecule has 2 heterocycles. The van der Waals surface area contributed by atoms with Crippen molar-refractivity contribution in [3.8, 4) is 0 Å². The molecule has 0 amide bonds. The maximum atomic E-state index is 4.51. The van der Waals surface area contributed by atoms with Gasteiger partial charge in [-0.25, -0.2) is 0 Å². The normalized spacial score (nSPS) is 12.6. The number of pyridine rings is 1. The molecule has 1 atom stereocenters. The van der Waals surface area contributed by atoms with Gasteiger partial charge in [0.2, 0.25) is 0 Å². The lowest BCUT2D eigenvalue weighted by molar-refractivity contribution is 0.494. The van der Waals surface area contributed by atoms with Crippen LogP contribution in [-0.4, -0.2) is 27.9 Å². The number of aromatic nitrogens is 3.